The number of hydrogen-bond acceptors (Lipinski definition) is 4. The van der Waals surface area contributed by atoms with Crippen LogP contribution in [0.2, 0.25) is 0 Å². The average Bonchev–Trinajstić information content (AvgIpc) is 2.94. The number of carbonyl (C=O) groups is 1. The van der Waals surface area contributed by atoms with Crippen LogP contribution in [0, 0.1) is 11.6 Å². The lowest BCUT2D eigenvalue weighted by Gasteiger charge is -2.06. The van der Waals surface area contributed by atoms with E-state index < -0.39 is 17.5 Å². The van der Waals surface area contributed by atoms with Crippen molar-refractivity contribution in [2.45, 2.75) is 10.8 Å². The van der Waals surface area contributed by atoms with Crippen molar-refractivity contribution in [1.29, 1.82) is 0 Å². The van der Waals surface area contributed by atoms with Gasteiger partial charge in [-0.25, -0.2) is 13.8 Å². The summed E-state index contributed by atoms with van der Waals surface area (Å²) in [6, 6.07) is 3.56. The molecule has 0 bridgehead atoms. The maximum Gasteiger partial charge on any atom is 0.254 e. The molecule has 1 aromatic heterocycles. The second-order valence-corrected chi connectivity index (χ2v) is 6.09. The topological polar surface area (TPSA) is 42.0 Å². The SMILES string of the molecule is O=C(NCCCSc1nccs1)c1cccc(F)c1F. The van der Waals surface area contributed by atoms with E-state index in [9.17, 15) is 13.6 Å². The van der Waals surface area contributed by atoms with Gasteiger partial charge in [0.25, 0.3) is 5.91 Å². The number of thioether (sulfide) groups is 1. The molecule has 1 aromatic carbocycles. The molecule has 1 heterocycles. The summed E-state index contributed by atoms with van der Waals surface area (Å²) in [4.78, 5) is 15.8. The molecule has 20 heavy (non-hydrogen) atoms. The van der Waals surface area contributed by atoms with Crippen LogP contribution in [0.5, 0.6) is 0 Å². The van der Waals surface area contributed by atoms with Crippen molar-refractivity contribution in [3.8, 4) is 0 Å². The van der Waals surface area contributed by atoms with Crippen LogP contribution in [0.1, 0.15) is 16.8 Å². The molecule has 1 amide bonds. The molecule has 2 aromatic rings. The number of hydrogen-bond donors (Lipinski definition) is 1. The van der Waals surface area contributed by atoms with E-state index in [1.807, 2.05) is 5.38 Å². The Labute approximate surface area is 123 Å². The van der Waals surface area contributed by atoms with Crippen molar-refractivity contribution in [3.05, 3.63) is 47.0 Å². The fraction of sp³-hybridized carbons (Fsp3) is 0.231. The summed E-state index contributed by atoms with van der Waals surface area (Å²) in [5.74, 6) is -1.92. The van der Waals surface area contributed by atoms with Crippen LogP contribution in [0.25, 0.3) is 0 Å². The molecule has 0 spiro atoms. The molecule has 0 aliphatic carbocycles. The van der Waals surface area contributed by atoms with Crippen molar-refractivity contribution >= 4 is 29.0 Å². The van der Waals surface area contributed by atoms with Crippen LogP contribution in [0.15, 0.2) is 34.1 Å². The van der Waals surface area contributed by atoms with E-state index in [2.05, 4.69) is 10.3 Å². The average molecular weight is 314 g/mol. The van der Waals surface area contributed by atoms with Gasteiger partial charge < -0.3 is 5.32 Å². The molecule has 0 saturated heterocycles. The van der Waals surface area contributed by atoms with Gasteiger partial charge in [0.05, 0.1) is 5.56 Å². The lowest BCUT2D eigenvalue weighted by molar-refractivity contribution is 0.0948. The Balaban J connectivity index is 1.74. The molecule has 3 nitrogen and oxygen atoms in total. The van der Waals surface area contributed by atoms with Gasteiger partial charge in [-0.3, -0.25) is 4.79 Å². The Kier molecular flexibility index (Phi) is 5.49. The van der Waals surface area contributed by atoms with Crippen molar-refractivity contribution < 1.29 is 13.6 Å². The monoisotopic (exact) mass is 314 g/mol. The Hall–Kier alpha value is -1.47. The van der Waals surface area contributed by atoms with Crippen molar-refractivity contribution in [1.82, 2.24) is 10.3 Å². The fourth-order valence-corrected chi connectivity index (χ4v) is 3.14. The van der Waals surface area contributed by atoms with Gasteiger partial charge in [0, 0.05) is 23.9 Å². The molecule has 0 atom stereocenters. The zero-order valence-corrected chi connectivity index (χ0v) is 12.1. The highest BCUT2D eigenvalue weighted by atomic mass is 32.2. The Morgan fingerprint density at radius 1 is 1.40 bits per heavy atom. The highest BCUT2D eigenvalue weighted by molar-refractivity contribution is 8.00. The standard InChI is InChI=1S/C13H12F2N2OS2/c14-10-4-1-3-9(11(10)15)12(18)16-5-2-7-19-13-17-6-8-20-13/h1,3-4,6,8H,2,5,7H2,(H,16,18). The third kappa shape index (κ3) is 4.01. The molecule has 0 saturated carbocycles. The smallest absolute Gasteiger partial charge is 0.254 e. The van der Waals surface area contributed by atoms with Gasteiger partial charge in [-0.2, -0.15) is 0 Å². The number of halogens is 2. The van der Waals surface area contributed by atoms with Crippen LogP contribution in [-0.4, -0.2) is 23.2 Å². The second kappa shape index (κ2) is 7.35. The van der Waals surface area contributed by atoms with Gasteiger partial charge in [-0.05, 0) is 18.6 Å². The summed E-state index contributed by atoms with van der Waals surface area (Å²) in [6.07, 6.45) is 2.47. The minimum Gasteiger partial charge on any atom is -0.352 e. The van der Waals surface area contributed by atoms with Crippen molar-refractivity contribution in [2.24, 2.45) is 0 Å². The summed E-state index contributed by atoms with van der Waals surface area (Å²) in [6.45, 7) is 0.410. The second-order valence-electron chi connectivity index (χ2n) is 3.86. The minimum atomic E-state index is -1.11. The maximum atomic E-state index is 13.4. The third-order valence-electron chi connectivity index (χ3n) is 2.44. The van der Waals surface area contributed by atoms with Crippen LogP contribution >= 0.6 is 23.1 Å². The van der Waals surface area contributed by atoms with Gasteiger partial charge in [0.15, 0.2) is 11.6 Å². The number of amides is 1. The van der Waals surface area contributed by atoms with E-state index in [-0.39, 0.29) is 5.56 Å². The highest BCUT2D eigenvalue weighted by Crippen LogP contribution is 2.20. The summed E-state index contributed by atoms with van der Waals surface area (Å²) in [5, 5.41) is 4.47. The Morgan fingerprint density at radius 3 is 3.00 bits per heavy atom. The summed E-state index contributed by atoms with van der Waals surface area (Å²) in [7, 11) is 0. The molecule has 0 aliphatic heterocycles. The molecule has 7 heteroatoms. The first-order valence-corrected chi connectivity index (χ1v) is 7.79. The number of nitrogens with zero attached hydrogens (tertiary/aromatic N) is 1. The van der Waals surface area contributed by atoms with Crippen molar-refractivity contribution in [2.75, 3.05) is 12.3 Å². The van der Waals surface area contributed by atoms with Crippen LogP contribution in [-0.2, 0) is 0 Å². The van der Waals surface area contributed by atoms with Crippen molar-refractivity contribution in [3.63, 3.8) is 0 Å². The minimum absolute atomic E-state index is 0.266. The van der Waals surface area contributed by atoms with Crippen LogP contribution in [0.3, 0.4) is 0 Å². The van der Waals surface area contributed by atoms with E-state index >= 15 is 0 Å². The van der Waals surface area contributed by atoms with E-state index in [4.69, 9.17) is 0 Å². The van der Waals surface area contributed by atoms with E-state index in [1.54, 1.807) is 29.3 Å². The third-order valence-corrected chi connectivity index (χ3v) is 4.49. The Morgan fingerprint density at radius 2 is 2.25 bits per heavy atom. The predicted octanol–water partition coefficient (Wildman–Crippen LogP) is 3.33. The predicted molar refractivity (Wildman–Crippen MR) is 76.1 cm³/mol. The maximum absolute atomic E-state index is 13.4. The molecule has 1 N–H and O–H groups in total. The normalized spacial score (nSPS) is 10.5. The highest BCUT2D eigenvalue weighted by Gasteiger charge is 2.14. The van der Waals surface area contributed by atoms with E-state index in [0.29, 0.717) is 6.54 Å². The molecular weight excluding hydrogens is 302 g/mol. The first-order chi connectivity index (χ1) is 9.68. The molecule has 0 radical (unpaired) electrons. The molecule has 0 fully saturated rings. The Bertz CT molecular complexity index is 576. The fourth-order valence-electron chi connectivity index (χ4n) is 1.49. The number of benzene rings is 1. The van der Waals surface area contributed by atoms with E-state index in [1.165, 1.54) is 12.1 Å². The molecule has 106 valence electrons. The number of carbonyl (C=O) groups excluding carboxylic acids is 1. The molecule has 2 rings (SSSR count). The number of aromatic nitrogens is 1. The largest absolute Gasteiger partial charge is 0.352 e. The zero-order valence-electron chi connectivity index (χ0n) is 10.4. The first kappa shape index (κ1) is 14.9. The molecular formula is C13H12F2N2OS2. The van der Waals surface area contributed by atoms with Gasteiger partial charge in [-0.1, -0.05) is 17.8 Å². The van der Waals surface area contributed by atoms with Gasteiger partial charge in [0.2, 0.25) is 0 Å². The number of thiazole rings is 1. The quantitative estimate of drug-likeness (QED) is 0.657. The summed E-state index contributed by atoms with van der Waals surface area (Å²) in [5.41, 5.74) is -0.266. The summed E-state index contributed by atoms with van der Waals surface area (Å²) >= 11 is 3.16. The number of nitrogens with one attached hydrogen (secondary N) is 1. The number of rotatable bonds is 6. The van der Waals surface area contributed by atoms with Gasteiger partial charge >= 0.3 is 0 Å². The first-order valence-electron chi connectivity index (χ1n) is 5.93. The van der Waals surface area contributed by atoms with Gasteiger partial charge in [-0.15, -0.1) is 11.3 Å². The molecule has 0 unspecified atom stereocenters. The van der Waals surface area contributed by atoms with Gasteiger partial charge in [0.1, 0.15) is 4.34 Å². The van der Waals surface area contributed by atoms with Crippen LogP contribution in [0.4, 0.5) is 8.78 Å². The van der Waals surface area contributed by atoms with E-state index in [0.717, 1.165) is 22.6 Å². The lowest BCUT2D eigenvalue weighted by Crippen LogP contribution is -2.26. The summed E-state index contributed by atoms with van der Waals surface area (Å²) < 4.78 is 27.3. The lowest BCUT2D eigenvalue weighted by atomic mass is 10.2. The zero-order chi connectivity index (χ0) is 14.4. The molecule has 0 aliphatic rings. The van der Waals surface area contributed by atoms with Crippen LogP contribution < -0.4 is 5.32 Å².